The van der Waals surface area contributed by atoms with Crippen LogP contribution in [0.4, 0.5) is 0 Å². The minimum absolute atomic E-state index is 0.153. The van der Waals surface area contributed by atoms with Gasteiger partial charge in [0.2, 0.25) is 0 Å². The van der Waals surface area contributed by atoms with Gasteiger partial charge >= 0.3 is 0 Å². The third kappa shape index (κ3) is 1.77. The Balaban J connectivity index is 2.82. The van der Waals surface area contributed by atoms with Crippen molar-refractivity contribution < 1.29 is 5.21 Å². The van der Waals surface area contributed by atoms with Crippen LogP contribution < -0.4 is 0 Å². The molecule has 0 aromatic carbocycles. The van der Waals surface area contributed by atoms with Crippen LogP contribution in [0.5, 0.6) is 0 Å². The van der Waals surface area contributed by atoms with Gasteiger partial charge in [-0.1, -0.05) is 37.6 Å². The van der Waals surface area contributed by atoms with E-state index in [9.17, 15) is 0 Å². The van der Waals surface area contributed by atoms with E-state index in [1.807, 2.05) is 6.92 Å². The lowest BCUT2D eigenvalue weighted by atomic mass is 9.69. The van der Waals surface area contributed by atoms with Crippen LogP contribution in [0, 0.1) is 11.3 Å². The average Bonchev–Trinajstić information content (AvgIpc) is 1.95. The fraction of sp³-hybridized carbons (Fsp3) is 0.727. The van der Waals surface area contributed by atoms with Crippen LogP contribution in [-0.2, 0) is 0 Å². The molecule has 0 aliphatic heterocycles. The normalized spacial score (nSPS) is 19.8. The molecule has 1 aliphatic carbocycles. The molecule has 74 valence electrons. The van der Waals surface area contributed by atoms with Gasteiger partial charge in [0.05, 0.1) is 5.71 Å². The molecular weight excluding hydrogens is 162 g/mol. The summed E-state index contributed by atoms with van der Waals surface area (Å²) in [6.45, 7) is 10.1. The average molecular weight is 181 g/mol. The molecule has 0 unspecified atom stereocenters. The van der Waals surface area contributed by atoms with Gasteiger partial charge < -0.3 is 5.21 Å². The number of nitrogens with zero attached hydrogens (tertiary/aromatic N) is 1. The maximum Gasteiger partial charge on any atom is 0.0697 e. The van der Waals surface area contributed by atoms with Crippen LogP contribution in [-0.4, -0.2) is 10.9 Å². The molecule has 0 spiro atoms. The monoisotopic (exact) mass is 181 g/mol. The fourth-order valence-electron chi connectivity index (χ4n) is 1.62. The highest BCUT2D eigenvalue weighted by molar-refractivity contribution is 5.94. The molecule has 1 fully saturated rings. The predicted molar refractivity (Wildman–Crippen MR) is 55.2 cm³/mol. The van der Waals surface area contributed by atoms with Crippen molar-refractivity contribution in [1.82, 2.24) is 0 Å². The summed E-state index contributed by atoms with van der Waals surface area (Å²) in [5, 5.41) is 12.5. The molecule has 0 aromatic heterocycles. The number of hydrogen-bond acceptors (Lipinski definition) is 2. The molecule has 2 nitrogen and oxygen atoms in total. The van der Waals surface area contributed by atoms with Gasteiger partial charge in [-0.05, 0) is 19.8 Å². The summed E-state index contributed by atoms with van der Waals surface area (Å²) in [7, 11) is 0. The molecule has 1 rings (SSSR count). The fourth-order valence-corrected chi connectivity index (χ4v) is 1.62. The minimum Gasteiger partial charge on any atom is -0.411 e. The molecule has 0 atom stereocenters. The van der Waals surface area contributed by atoms with E-state index >= 15 is 0 Å². The summed E-state index contributed by atoms with van der Waals surface area (Å²) >= 11 is 0. The largest absolute Gasteiger partial charge is 0.411 e. The van der Waals surface area contributed by atoms with Gasteiger partial charge in [0.15, 0.2) is 0 Å². The molecule has 0 bridgehead atoms. The lowest BCUT2D eigenvalue weighted by molar-refractivity contribution is 0.291. The molecule has 0 amide bonds. The van der Waals surface area contributed by atoms with Gasteiger partial charge in [-0.2, -0.15) is 0 Å². The van der Waals surface area contributed by atoms with Crippen molar-refractivity contribution in [3.05, 3.63) is 12.2 Å². The molecule has 0 aromatic rings. The van der Waals surface area contributed by atoms with Crippen molar-refractivity contribution in [2.75, 3.05) is 0 Å². The van der Waals surface area contributed by atoms with Crippen molar-refractivity contribution in [2.45, 2.75) is 40.0 Å². The van der Waals surface area contributed by atoms with Gasteiger partial charge in [-0.15, -0.1) is 0 Å². The van der Waals surface area contributed by atoms with Gasteiger partial charge in [-0.3, -0.25) is 0 Å². The minimum atomic E-state index is -0.153. The first-order chi connectivity index (χ1) is 6.00. The Morgan fingerprint density at radius 1 is 1.46 bits per heavy atom. The van der Waals surface area contributed by atoms with Gasteiger partial charge in [0.25, 0.3) is 0 Å². The quantitative estimate of drug-likeness (QED) is 0.308. The van der Waals surface area contributed by atoms with E-state index in [-0.39, 0.29) is 5.41 Å². The molecule has 0 heterocycles. The molecule has 1 N–H and O–H groups in total. The van der Waals surface area contributed by atoms with Crippen molar-refractivity contribution in [1.29, 1.82) is 0 Å². The highest BCUT2D eigenvalue weighted by Gasteiger charge is 2.35. The van der Waals surface area contributed by atoms with E-state index < -0.39 is 0 Å². The lowest BCUT2D eigenvalue weighted by Gasteiger charge is -2.35. The van der Waals surface area contributed by atoms with Crippen LogP contribution in [0.15, 0.2) is 17.3 Å². The van der Waals surface area contributed by atoms with E-state index in [2.05, 4.69) is 25.6 Å². The van der Waals surface area contributed by atoms with Crippen molar-refractivity contribution >= 4 is 5.71 Å². The van der Waals surface area contributed by atoms with Crippen molar-refractivity contribution in [3.8, 4) is 0 Å². The highest BCUT2D eigenvalue weighted by Crippen LogP contribution is 2.38. The van der Waals surface area contributed by atoms with Crippen LogP contribution in [0.1, 0.15) is 40.0 Å². The first-order valence-electron chi connectivity index (χ1n) is 4.88. The lowest BCUT2D eigenvalue weighted by Crippen LogP contribution is -2.35. The zero-order chi connectivity index (χ0) is 10.1. The van der Waals surface area contributed by atoms with E-state index in [4.69, 9.17) is 5.21 Å². The second-order valence-corrected chi connectivity index (χ2v) is 4.52. The molecule has 13 heavy (non-hydrogen) atoms. The maximum atomic E-state index is 8.99. The van der Waals surface area contributed by atoms with Crippen LogP contribution in [0.25, 0.3) is 0 Å². The van der Waals surface area contributed by atoms with E-state index in [1.165, 1.54) is 6.42 Å². The number of allylic oxidation sites excluding steroid dienone is 1. The van der Waals surface area contributed by atoms with Crippen LogP contribution in [0.3, 0.4) is 0 Å². The summed E-state index contributed by atoms with van der Waals surface area (Å²) in [5.41, 5.74) is 1.82. The highest BCUT2D eigenvalue weighted by atomic mass is 16.4. The predicted octanol–water partition coefficient (Wildman–Crippen LogP) is 3.22. The Morgan fingerprint density at radius 2 is 2.00 bits per heavy atom. The summed E-state index contributed by atoms with van der Waals surface area (Å²) in [5.74, 6) is 0.483. The molecule has 0 radical (unpaired) electrons. The molecular formula is C11H19NO. The summed E-state index contributed by atoms with van der Waals surface area (Å²) in [6.07, 6.45) is 3.59. The zero-order valence-electron chi connectivity index (χ0n) is 8.80. The third-order valence-corrected chi connectivity index (χ3v) is 3.31. The topological polar surface area (TPSA) is 32.6 Å². The molecule has 1 saturated carbocycles. The molecule has 1 aliphatic rings. The molecule has 0 saturated heterocycles. The third-order valence-electron chi connectivity index (χ3n) is 3.31. The Kier molecular flexibility index (Phi) is 2.79. The first-order valence-corrected chi connectivity index (χ1v) is 4.88. The Hall–Kier alpha value is -0.790. The number of rotatable bonds is 3. The van der Waals surface area contributed by atoms with Crippen LogP contribution in [0.2, 0.25) is 0 Å². The Bertz CT molecular complexity index is 236. The van der Waals surface area contributed by atoms with Gasteiger partial charge in [0, 0.05) is 11.3 Å². The van der Waals surface area contributed by atoms with Gasteiger partial charge in [0.1, 0.15) is 0 Å². The first kappa shape index (κ1) is 10.3. The second kappa shape index (κ2) is 3.52. The maximum absolute atomic E-state index is 8.99. The number of oxime groups is 1. The van der Waals surface area contributed by atoms with Crippen LogP contribution >= 0.6 is 0 Å². The second-order valence-electron chi connectivity index (χ2n) is 4.52. The zero-order valence-corrected chi connectivity index (χ0v) is 8.80. The Labute approximate surface area is 80.3 Å². The molecule has 2 heteroatoms. The summed E-state index contributed by atoms with van der Waals surface area (Å²) in [4.78, 5) is 0. The van der Waals surface area contributed by atoms with E-state index in [0.29, 0.717) is 5.92 Å². The summed E-state index contributed by atoms with van der Waals surface area (Å²) in [6, 6.07) is 0. The number of hydrogen-bond donors (Lipinski definition) is 1. The van der Waals surface area contributed by atoms with E-state index in [0.717, 1.165) is 24.1 Å². The summed E-state index contributed by atoms with van der Waals surface area (Å²) < 4.78 is 0. The van der Waals surface area contributed by atoms with E-state index in [1.54, 1.807) is 0 Å². The standard InChI is InChI=1S/C11H19NO/c1-8(2)11(3,4)10(12-13)9-6-5-7-9/h9,13H,1,5-7H2,2-4H3/b12-10+. The van der Waals surface area contributed by atoms with Gasteiger partial charge in [-0.25, -0.2) is 0 Å². The SMILES string of the molecule is C=C(C)C(C)(C)/C(=N/O)C1CCC1. The Morgan fingerprint density at radius 3 is 2.23 bits per heavy atom. The van der Waals surface area contributed by atoms with Crippen molar-refractivity contribution in [3.63, 3.8) is 0 Å². The smallest absolute Gasteiger partial charge is 0.0697 e. The van der Waals surface area contributed by atoms with Crippen molar-refractivity contribution in [2.24, 2.45) is 16.5 Å².